The van der Waals surface area contributed by atoms with Gasteiger partial charge in [0, 0.05) is 23.5 Å². The van der Waals surface area contributed by atoms with Gasteiger partial charge in [0.15, 0.2) is 0 Å². The van der Waals surface area contributed by atoms with E-state index >= 15 is 0 Å². The number of fused-ring (bicyclic) bond motifs is 1. The van der Waals surface area contributed by atoms with Crippen molar-refractivity contribution in [3.8, 4) is 0 Å². The van der Waals surface area contributed by atoms with Crippen LogP contribution in [0.3, 0.4) is 0 Å². The van der Waals surface area contributed by atoms with Gasteiger partial charge in [-0.05, 0) is 63.1 Å². The van der Waals surface area contributed by atoms with Crippen LogP contribution < -0.4 is 16.0 Å². The highest BCUT2D eigenvalue weighted by molar-refractivity contribution is 6.32. The number of hydrogen-bond acceptors (Lipinski definition) is 3. The van der Waals surface area contributed by atoms with Crippen molar-refractivity contribution in [1.29, 1.82) is 0 Å². The molecule has 0 unspecified atom stereocenters. The fourth-order valence-corrected chi connectivity index (χ4v) is 3.46. The molecule has 0 bridgehead atoms. The smallest absolute Gasteiger partial charge is 0.256 e. The second-order valence-corrected chi connectivity index (χ2v) is 7.97. The van der Waals surface area contributed by atoms with Crippen molar-refractivity contribution in [2.45, 2.75) is 47.1 Å². The number of nitrogens with one attached hydrogen (secondary N) is 3. The van der Waals surface area contributed by atoms with Gasteiger partial charge in [-0.1, -0.05) is 37.1 Å². The molecule has 1 aliphatic rings. The zero-order valence-electron chi connectivity index (χ0n) is 18.9. The first kappa shape index (κ1) is 23.3. The maximum absolute atomic E-state index is 14.8. The molecule has 0 spiro atoms. The summed E-state index contributed by atoms with van der Waals surface area (Å²) in [6.07, 6.45) is 5.70. The summed E-state index contributed by atoms with van der Waals surface area (Å²) < 4.78 is 27.9. The molecule has 1 amide bonds. The summed E-state index contributed by atoms with van der Waals surface area (Å²) in [6, 6.07) is 8.97. The first-order chi connectivity index (χ1) is 15.3. The Hall–Kier alpha value is -3.41. The predicted molar refractivity (Wildman–Crippen MR) is 127 cm³/mol. The number of rotatable bonds is 8. The Bertz CT molecular complexity index is 1090. The lowest BCUT2D eigenvalue weighted by molar-refractivity contribution is -0.110. The van der Waals surface area contributed by atoms with E-state index in [4.69, 9.17) is 0 Å². The molecule has 0 atom stereocenters. The quantitative estimate of drug-likeness (QED) is 0.413. The molecule has 0 saturated carbocycles. The molecule has 168 valence electrons. The van der Waals surface area contributed by atoms with Crippen molar-refractivity contribution >= 4 is 22.9 Å². The number of carbonyl (C=O) groups is 1. The van der Waals surface area contributed by atoms with Crippen LogP contribution >= 0.6 is 0 Å². The number of halogens is 2. The number of benzene rings is 2. The topological polar surface area (TPSA) is 53.2 Å². The maximum atomic E-state index is 14.8. The van der Waals surface area contributed by atoms with Crippen LogP contribution in [0.1, 0.15) is 51.7 Å². The monoisotopic (exact) mass is 437 g/mol. The van der Waals surface area contributed by atoms with Crippen molar-refractivity contribution in [2.75, 3.05) is 10.6 Å². The van der Waals surface area contributed by atoms with Gasteiger partial charge in [-0.2, -0.15) is 0 Å². The molecule has 3 rings (SSSR count). The van der Waals surface area contributed by atoms with Crippen LogP contribution in [0.25, 0.3) is 5.57 Å². The van der Waals surface area contributed by atoms with Crippen LogP contribution in [0.5, 0.6) is 0 Å². The zero-order valence-corrected chi connectivity index (χ0v) is 18.9. The highest BCUT2D eigenvalue weighted by atomic mass is 19.1. The van der Waals surface area contributed by atoms with Crippen LogP contribution in [0, 0.1) is 11.6 Å². The van der Waals surface area contributed by atoms with E-state index in [9.17, 15) is 13.6 Å². The molecule has 32 heavy (non-hydrogen) atoms. The standard InChI is InChI=1S/C26H29F2N3O/c1-5-7-19(6-2)30-23(16(3)4)13-21-20-12-22(28)25(14-24(20)31-26(21)32)29-15-17-8-10-18(27)11-9-17/h6,8-14,29-30H,5,7,15H2,1-4H3,(H,31,32)/b19-6+,21-13-. The normalized spacial score (nSPS) is 14.2. The number of allylic oxidation sites excluding steroid dienone is 4. The molecule has 0 aromatic heterocycles. The van der Waals surface area contributed by atoms with E-state index in [1.807, 2.05) is 26.8 Å². The van der Waals surface area contributed by atoms with Crippen LogP contribution in [0.2, 0.25) is 0 Å². The molecule has 1 heterocycles. The van der Waals surface area contributed by atoms with Gasteiger partial charge in [-0.25, -0.2) is 8.78 Å². The molecule has 6 heteroatoms. The second kappa shape index (κ2) is 10.3. The number of carbonyl (C=O) groups excluding carboxylic acids is 1. The minimum Gasteiger partial charge on any atom is -0.379 e. The molecular weight excluding hydrogens is 408 g/mol. The lowest BCUT2D eigenvalue weighted by Crippen LogP contribution is -2.14. The van der Waals surface area contributed by atoms with E-state index in [0.717, 1.165) is 35.4 Å². The Kier molecular flexibility index (Phi) is 7.46. The second-order valence-electron chi connectivity index (χ2n) is 7.97. The number of amides is 1. The molecular formula is C26H29F2N3O. The first-order valence-corrected chi connectivity index (χ1v) is 10.8. The van der Waals surface area contributed by atoms with Crippen molar-refractivity contribution in [2.24, 2.45) is 0 Å². The molecule has 0 aliphatic carbocycles. The first-order valence-electron chi connectivity index (χ1n) is 10.8. The lowest BCUT2D eigenvalue weighted by Gasteiger charge is -2.14. The van der Waals surface area contributed by atoms with Gasteiger partial charge in [0.25, 0.3) is 5.91 Å². The van der Waals surface area contributed by atoms with Gasteiger partial charge in [0.1, 0.15) is 11.6 Å². The van der Waals surface area contributed by atoms with Gasteiger partial charge in [0.2, 0.25) is 0 Å². The van der Waals surface area contributed by atoms with Crippen LogP contribution in [-0.4, -0.2) is 5.91 Å². The van der Waals surface area contributed by atoms with Gasteiger partial charge in [-0.15, -0.1) is 0 Å². The summed E-state index contributed by atoms with van der Waals surface area (Å²) in [5.41, 5.74) is 5.51. The predicted octanol–water partition coefficient (Wildman–Crippen LogP) is 6.50. The highest BCUT2D eigenvalue weighted by Crippen LogP contribution is 2.36. The van der Waals surface area contributed by atoms with Gasteiger partial charge < -0.3 is 16.0 Å². The molecule has 3 N–H and O–H groups in total. The fourth-order valence-electron chi connectivity index (χ4n) is 3.46. The van der Waals surface area contributed by atoms with Gasteiger partial charge >= 0.3 is 0 Å². The molecule has 4 nitrogen and oxygen atoms in total. The van der Waals surface area contributed by atoms with Crippen molar-refractivity contribution in [3.05, 3.63) is 88.3 Å². The average Bonchev–Trinajstić information content (AvgIpc) is 3.06. The highest BCUT2D eigenvalue weighted by Gasteiger charge is 2.26. The molecule has 1 aliphatic heterocycles. The van der Waals surface area contributed by atoms with E-state index in [0.29, 0.717) is 23.4 Å². The Morgan fingerprint density at radius 1 is 1.12 bits per heavy atom. The average molecular weight is 438 g/mol. The molecule has 2 aromatic carbocycles. The minimum absolute atomic E-state index is 0.270. The minimum atomic E-state index is -0.458. The lowest BCUT2D eigenvalue weighted by atomic mass is 10.0. The van der Waals surface area contributed by atoms with E-state index in [-0.39, 0.29) is 17.4 Å². The summed E-state index contributed by atoms with van der Waals surface area (Å²) in [5, 5.41) is 9.25. The third kappa shape index (κ3) is 5.44. The summed E-state index contributed by atoms with van der Waals surface area (Å²) in [7, 11) is 0. The fraction of sp³-hybridized carbons (Fsp3) is 0.269. The van der Waals surface area contributed by atoms with E-state index in [2.05, 4.69) is 22.9 Å². The molecule has 0 fully saturated rings. The van der Waals surface area contributed by atoms with E-state index in [1.165, 1.54) is 18.2 Å². The SMILES string of the molecule is C/C=C(\CCC)NC(/C=C1\C(=O)Nc2cc(NCc3ccc(F)cc3)c(F)cc21)=C(C)C. The molecule has 2 aromatic rings. The molecule has 0 saturated heterocycles. The third-order valence-electron chi connectivity index (χ3n) is 5.28. The van der Waals surface area contributed by atoms with E-state index < -0.39 is 5.82 Å². The summed E-state index contributed by atoms with van der Waals surface area (Å²) in [6.45, 7) is 8.35. The Balaban J connectivity index is 1.86. The van der Waals surface area contributed by atoms with Crippen LogP contribution in [0.15, 0.2) is 65.5 Å². The summed E-state index contributed by atoms with van der Waals surface area (Å²) >= 11 is 0. The van der Waals surface area contributed by atoms with Crippen molar-refractivity contribution in [3.63, 3.8) is 0 Å². The summed E-state index contributed by atoms with van der Waals surface area (Å²) in [4.78, 5) is 12.7. The number of hydrogen-bond donors (Lipinski definition) is 3. The Morgan fingerprint density at radius 2 is 1.84 bits per heavy atom. The van der Waals surface area contributed by atoms with Crippen molar-refractivity contribution < 1.29 is 13.6 Å². The Labute approximate surface area is 188 Å². The Morgan fingerprint density at radius 3 is 2.47 bits per heavy atom. The van der Waals surface area contributed by atoms with E-state index in [1.54, 1.807) is 24.3 Å². The summed E-state index contributed by atoms with van der Waals surface area (Å²) in [5.74, 6) is -1.05. The molecule has 0 radical (unpaired) electrons. The van der Waals surface area contributed by atoms with Crippen LogP contribution in [0.4, 0.5) is 20.2 Å². The maximum Gasteiger partial charge on any atom is 0.256 e. The zero-order chi connectivity index (χ0) is 23.3. The third-order valence-corrected chi connectivity index (χ3v) is 5.28. The van der Waals surface area contributed by atoms with Gasteiger partial charge in [-0.3, -0.25) is 4.79 Å². The largest absolute Gasteiger partial charge is 0.379 e. The van der Waals surface area contributed by atoms with Crippen LogP contribution in [-0.2, 0) is 11.3 Å². The van der Waals surface area contributed by atoms with Gasteiger partial charge in [0.05, 0.1) is 16.9 Å². The van der Waals surface area contributed by atoms with Crippen molar-refractivity contribution in [1.82, 2.24) is 5.32 Å². The number of anilines is 2.